The molecule has 2 saturated carbocycles. The van der Waals surface area contributed by atoms with Gasteiger partial charge in [-0.15, -0.1) is 0 Å². The molecule has 1 aromatic carbocycles. The summed E-state index contributed by atoms with van der Waals surface area (Å²) in [5, 5.41) is 10.8. The fraction of sp³-hybridized carbons (Fsp3) is 0.625. The monoisotopic (exact) mass is 458 g/mol. The zero-order chi connectivity index (χ0) is 24.3. The molecule has 0 amide bonds. The van der Waals surface area contributed by atoms with Crippen LogP contribution in [0.2, 0.25) is 0 Å². The molecule has 4 aliphatic carbocycles. The standard InChI is InChI=1S/C32H42O2/c1-21(7-8-22-9-11-23(34-6)12-10-22)25-14-15-26-24-13-16-28-30(2,3)29(33)18-20-32(28,5)27(24)17-19-31(25,26)4/h9-13,16,21,25,27-29,33H,14-15,17-20H2,1-6H3/t21-,25-,27+,28+,29+,31-,32-/m1/s1. The first kappa shape index (κ1) is 23.7. The molecular formula is C32H42O2. The van der Waals surface area contributed by atoms with E-state index in [9.17, 15) is 5.11 Å². The Morgan fingerprint density at radius 1 is 1.03 bits per heavy atom. The third-order valence-corrected chi connectivity index (χ3v) is 10.6. The van der Waals surface area contributed by atoms with Crippen LogP contribution in [0.1, 0.15) is 78.7 Å². The van der Waals surface area contributed by atoms with Crippen LogP contribution in [0.3, 0.4) is 0 Å². The second-order valence-electron chi connectivity index (χ2n) is 12.6. The highest BCUT2D eigenvalue weighted by atomic mass is 16.5. The van der Waals surface area contributed by atoms with Gasteiger partial charge in [-0.25, -0.2) is 0 Å². The van der Waals surface area contributed by atoms with E-state index in [1.807, 2.05) is 12.1 Å². The number of benzene rings is 1. The molecule has 34 heavy (non-hydrogen) atoms. The second kappa shape index (κ2) is 8.30. The van der Waals surface area contributed by atoms with Crippen molar-refractivity contribution in [2.24, 2.45) is 39.9 Å². The number of fused-ring (bicyclic) bond motifs is 4. The number of aliphatic hydroxyl groups excluding tert-OH is 1. The van der Waals surface area contributed by atoms with E-state index in [0.29, 0.717) is 23.7 Å². The topological polar surface area (TPSA) is 29.5 Å². The Labute approximate surface area is 206 Å². The predicted molar refractivity (Wildman–Crippen MR) is 139 cm³/mol. The largest absolute Gasteiger partial charge is 0.497 e. The Morgan fingerprint density at radius 2 is 1.76 bits per heavy atom. The predicted octanol–water partition coefficient (Wildman–Crippen LogP) is 7.18. The van der Waals surface area contributed by atoms with Crippen LogP contribution in [0.5, 0.6) is 5.75 Å². The van der Waals surface area contributed by atoms with Gasteiger partial charge in [-0.05, 0) is 102 Å². The maximum absolute atomic E-state index is 10.8. The average molecular weight is 459 g/mol. The van der Waals surface area contributed by atoms with Crippen LogP contribution in [0, 0.1) is 51.8 Å². The van der Waals surface area contributed by atoms with E-state index in [-0.39, 0.29) is 22.3 Å². The van der Waals surface area contributed by atoms with Crippen LogP contribution < -0.4 is 4.74 Å². The lowest BCUT2D eigenvalue weighted by Gasteiger charge is -2.59. The number of allylic oxidation sites excluding steroid dienone is 4. The number of ether oxygens (including phenoxy) is 1. The van der Waals surface area contributed by atoms with Gasteiger partial charge in [0.1, 0.15) is 5.75 Å². The normalized spacial score (nSPS) is 38.8. The molecule has 0 unspecified atom stereocenters. The number of methoxy groups -OCH3 is 1. The molecule has 7 atom stereocenters. The average Bonchev–Trinajstić information content (AvgIpc) is 3.18. The molecule has 5 rings (SSSR count). The number of hydrogen-bond donors (Lipinski definition) is 1. The highest BCUT2D eigenvalue weighted by Crippen LogP contribution is 2.66. The van der Waals surface area contributed by atoms with Gasteiger partial charge in [-0.1, -0.05) is 64.2 Å². The third-order valence-electron chi connectivity index (χ3n) is 10.6. The van der Waals surface area contributed by atoms with Gasteiger partial charge in [0.05, 0.1) is 13.2 Å². The van der Waals surface area contributed by atoms with Gasteiger partial charge in [-0.2, -0.15) is 0 Å². The minimum atomic E-state index is -0.195. The maximum atomic E-state index is 10.8. The second-order valence-corrected chi connectivity index (χ2v) is 12.6. The number of aliphatic hydroxyl groups is 1. The molecule has 0 aliphatic heterocycles. The van der Waals surface area contributed by atoms with Crippen LogP contribution in [0.25, 0.3) is 0 Å². The van der Waals surface area contributed by atoms with Crippen molar-refractivity contribution in [2.45, 2.75) is 79.2 Å². The molecule has 1 N–H and O–H groups in total. The van der Waals surface area contributed by atoms with Crippen LogP contribution in [-0.2, 0) is 0 Å². The highest BCUT2D eigenvalue weighted by Gasteiger charge is 2.58. The van der Waals surface area contributed by atoms with Crippen LogP contribution in [0.15, 0.2) is 47.6 Å². The summed E-state index contributed by atoms with van der Waals surface area (Å²) in [5.41, 5.74) is 4.92. The molecule has 4 aliphatic rings. The summed E-state index contributed by atoms with van der Waals surface area (Å²) in [7, 11) is 1.70. The Balaban J connectivity index is 1.43. The summed E-state index contributed by atoms with van der Waals surface area (Å²) in [4.78, 5) is 0. The maximum Gasteiger partial charge on any atom is 0.118 e. The minimum Gasteiger partial charge on any atom is -0.497 e. The van der Waals surface area contributed by atoms with Crippen LogP contribution >= 0.6 is 0 Å². The first-order valence-corrected chi connectivity index (χ1v) is 13.4. The summed E-state index contributed by atoms with van der Waals surface area (Å²) >= 11 is 0. The van der Waals surface area contributed by atoms with Crippen LogP contribution in [-0.4, -0.2) is 18.3 Å². The fourth-order valence-corrected chi connectivity index (χ4v) is 8.51. The van der Waals surface area contributed by atoms with E-state index in [0.717, 1.165) is 24.2 Å². The molecule has 0 saturated heterocycles. The highest BCUT2D eigenvalue weighted by molar-refractivity contribution is 5.44. The van der Waals surface area contributed by atoms with E-state index in [1.165, 1.54) is 25.7 Å². The van der Waals surface area contributed by atoms with Gasteiger partial charge in [0.25, 0.3) is 0 Å². The molecule has 0 radical (unpaired) electrons. The van der Waals surface area contributed by atoms with E-state index in [4.69, 9.17) is 4.74 Å². The van der Waals surface area contributed by atoms with E-state index in [2.05, 4.69) is 70.7 Å². The molecule has 0 bridgehead atoms. The number of rotatable bonds is 2. The molecule has 0 spiro atoms. The lowest BCUT2D eigenvalue weighted by molar-refractivity contribution is -0.0975. The molecule has 1 aromatic rings. The van der Waals surface area contributed by atoms with Gasteiger partial charge >= 0.3 is 0 Å². The summed E-state index contributed by atoms with van der Waals surface area (Å²) in [6.07, 6.45) is 11.9. The smallest absolute Gasteiger partial charge is 0.118 e. The summed E-state index contributed by atoms with van der Waals surface area (Å²) < 4.78 is 5.28. The molecular weight excluding hydrogens is 416 g/mol. The lowest BCUT2D eigenvalue weighted by atomic mass is 9.46. The van der Waals surface area contributed by atoms with E-state index < -0.39 is 0 Å². The van der Waals surface area contributed by atoms with Gasteiger partial charge in [0.2, 0.25) is 0 Å². The molecule has 2 nitrogen and oxygen atoms in total. The van der Waals surface area contributed by atoms with Crippen molar-refractivity contribution in [3.05, 3.63) is 53.1 Å². The van der Waals surface area contributed by atoms with Crippen molar-refractivity contribution in [3.63, 3.8) is 0 Å². The molecule has 2 fully saturated rings. The van der Waals surface area contributed by atoms with Crippen molar-refractivity contribution in [1.29, 1.82) is 0 Å². The molecule has 182 valence electrons. The lowest BCUT2D eigenvalue weighted by Crippen LogP contribution is -2.54. The zero-order valence-electron chi connectivity index (χ0n) is 21.9. The minimum absolute atomic E-state index is 0.0514. The van der Waals surface area contributed by atoms with Gasteiger partial charge < -0.3 is 9.84 Å². The third kappa shape index (κ3) is 3.50. The summed E-state index contributed by atoms with van der Waals surface area (Å²) in [6.45, 7) is 12.0. The van der Waals surface area contributed by atoms with Gasteiger partial charge in [0.15, 0.2) is 0 Å². The summed E-state index contributed by atoms with van der Waals surface area (Å²) in [6, 6.07) is 8.09. The SMILES string of the molecule is COc1ccc(C#C[C@@H](C)[C@H]2CCC3=C4C=C[C@H]5C(C)(C)[C@@H](O)CC[C@]5(C)[C@H]4CC[C@@]32C)cc1. The van der Waals surface area contributed by atoms with Crippen molar-refractivity contribution in [3.8, 4) is 17.6 Å². The summed E-state index contributed by atoms with van der Waals surface area (Å²) in [5.74, 6) is 10.0. The van der Waals surface area contributed by atoms with Crippen molar-refractivity contribution in [2.75, 3.05) is 7.11 Å². The Bertz CT molecular complexity index is 1060. The van der Waals surface area contributed by atoms with Gasteiger partial charge in [0, 0.05) is 11.5 Å². The fourth-order valence-electron chi connectivity index (χ4n) is 8.51. The Morgan fingerprint density at radius 3 is 2.47 bits per heavy atom. The number of hydrogen-bond acceptors (Lipinski definition) is 2. The zero-order valence-corrected chi connectivity index (χ0v) is 21.9. The van der Waals surface area contributed by atoms with Crippen molar-refractivity contribution < 1.29 is 9.84 Å². The van der Waals surface area contributed by atoms with Crippen molar-refractivity contribution >= 4 is 0 Å². The van der Waals surface area contributed by atoms with Gasteiger partial charge in [-0.3, -0.25) is 0 Å². The van der Waals surface area contributed by atoms with E-state index in [1.54, 1.807) is 18.3 Å². The Hall–Kier alpha value is -1.98. The van der Waals surface area contributed by atoms with Crippen LogP contribution in [0.4, 0.5) is 0 Å². The quantitative estimate of drug-likeness (QED) is 0.476. The Kier molecular flexibility index (Phi) is 5.80. The molecule has 2 heteroatoms. The van der Waals surface area contributed by atoms with Crippen molar-refractivity contribution in [1.82, 2.24) is 0 Å². The molecule has 0 aromatic heterocycles. The first-order chi connectivity index (χ1) is 16.1. The molecule has 0 heterocycles. The van der Waals surface area contributed by atoms with E-state index >= 15 is 0 Å². The first-order valence-electron chi connectivity index (χ1n) is 13.4.